The summed E-state index contributed by atoms with van der Waals surface area (Å²) < 4.78 is 10.8. The highest BCUT2D eigenvalue weighted by Gasteiger charge is 2.17. The van der Waals surface area contributed by atoms with Crippen LogP contribution in [0.1, 0.15) is 68.3 Å². The highest BCUT2D eigenvalue weighted by molar-refractivity contribution is 5.91. The first-order valence-corrected chi connectivity index (χ1v) is 8.80. The number of carbonyl (C=O) groups excluding carboxylic acids is 1. The van der Waals surface area contributed by atoms with Gasteiger partial charge >= 0.3 is 5.97 Å². The average Bonchev–Trinajstić information content (AvgIpc) is 2.50. The van der Waals surface area contributed by atoms with Crippen LogP contribution in [0.3, 0.4) is 0 Å². The fourth-order valence-corrected chi connectivity index (χ4v) is 2.66. The predicted molar refractivity (Wildman–Crippen MR) is 94.8 cm³/mol. The smallest absolute Gasteiger partial charge is 0.338 e. The van der Waals surface area contributed by atoms with Crippen molar-refractivity contribution in [3.63, 3.8) is 0 Å². The third-order valence-electron chi connectivity index (χ3n) is 4.05. The van der Waals surface area contributed by atoms with Gasteiger partial charge in [0.2, 0.25) is 0 Å². The van der Waals surface area contributed by atoms with E-state index in [0.717, 1.165) is 24.3 Å². The van der Waals surface area contributed by atoms with E-state index in [-0.39, 0.29) is 12.1 Å². The molecule has 0 aliphatic heterocycles. The van der Waals surface area contributed by atoms with Gasteiger partial charge in [-0.15, -0.1) is 0 Å². The fourth-order valence-electron chi connectivity index (χ4n) is 2.66. The number of carbonyl (C=O) groups is 1. The molecule has 0 heterocycles. The second-order valence-electron chi connectivity index (χ2n) is 6.68. The number of unbranched alkanes of at least 4 members (excludes halogenated alkanes) is 3. The Labute approximate surface area is 141 Å². The topological polar surface area (TPSA) is 35.5 Å². The summed E-state index contributed by atoms with van der Waals surface area (Å²) in [6.45, 7) is 6.92. The SMILES string of the molecule is COCC(CCCCCCC(C)C)OC(=O)c1ccccc1C. The Bertz CT molecular complexity index is 454. The van der Waals surface area contributed by atoms with Crippen LogP contribution < -0.4 is 0 Å². The number of esters is 1. The van der Waals surface area contributed by atoms with E-state index in [4.69, 9.17) is 9.47 Å². The van der Waals surface area contributed by atoms with Gasteiger partial charge in [-0.25, -0.2) is 4.79 Å². The zero-order valence-electron chi connectivity index (χ0n) is 15.1. The van der Waals surface area contributed by atoms with Crippen LogP contribution in [0.4, 0.5) is 0 Å². The van der Waals surface area contributed by atoms with Gasteiger partial charge in [-0.2, -0.15) is 0 Å². The third kappa shape index (κ3) is 8.17. The van der Waals surface area contributed by atoms with Gasteiger partial charge in [0.1, 0.15) is 6.10 Å². The molecular weight excluding hydrogens is 288 g/mol. The Morgan fingerprint density at radius 3 is 2.30 bits per heavy atom. The number of aryl methyl sites for hydroxylation is 1. The summed E-state index contributed by atoms with van der Waals surface area (Å²) in [7, 11) is 1.65. The van der Waals surface area contributed by atoms with Crippen LogP contribution in [-0.2, 0) is 9.47 Å². The average molecular weight is 320 g/mol. The van der Waals surface area contributed by atoms with Crippen molar-refractivity contribution < 1.29 is 14.3 Å². The normalized spacial score (nSPS) is 12.4. The van der Waals surface area contributed by atoms with Crippen LogP contribution in [0.25, 0.3) is 0 Å². The fraction of sp³-hybridized carbons (Fsp3) is 0.650. The molecule has 1 aromatic rings. The highest BCUT2D eigenvalue weighted by atomic mass is 16.6. The molecule has 0 aliphatic rings. The maximum Gasteiger partial charge on any atom is 0.338 e. The molecule has 23 heavy (non-hydrogen) atoms. The number of hydrogen-bond acceptors (Lipinski definition) is 3. The maximum absolute atomic E-state index is 12.3. The first kappa shape index (κ1) is 19.7. The van der Waals surface area contributed by atoms with Gasteiger partial charge in [0, 0.05) is 7.11 Å². The molecule has 0 N–H and O–H groups in total. The minimum Gasteiger partial charge on any atom is -0.456 e. The second-order valence-corrected chi connectivity index (χ2v) is 6.68. The lowest BCUT2D eigenvalue weighted by molar-refractivity contribution is 0.00230. The van der Waals surface area contributed by atoms with Crippen molar-refractivity contribution in [2.45, 2.75) is 65.4 Å². The van der Waals surface area contributed by atoms with Crippen molar-refractivity contribution in [3.05, 3.63) is 35.4 Å². The molecule has 0 aromatic heterocycles. The van der Waals surface area contributed by atoms with E-state index in [1.165, 1.54) is 25.7 Å². The molecular formula is C20H32O3. The molecule has 1 rings (SSSR count). The Balaban J connectivity index is 2.37. The Kier molecular flexibility index (Phi) is 9.61. The molecule has 0 radical (unpaired) electrons. The van der Waals surface area contributed by atoms with Crippen molar-refractivity contribution in [1.82, 2.24) is 0 Å². The largest absolute Gasteiger partial charge is 0.456 e. The maximum atomic E-state index is 12.3. The molecule has 3 heteroatoms. The summed E-state index contributed by atoms with van der Waals surface area (Å²) in [4.78, 5) is 12.3. The first-order chi connectivity index (χ1) is 11.0. The van der Waals surface area contributed by atoms with Crippen LogP contribution in [-0.4, -0.2) is 25.8 Å². The van der Waals surface area contributed by atoms with Crippen LogP contribution in [0.5, 0.6) is 0 Å². The Morgan fingerprint density at radius 1 is 1.04 bits per heavy atom. The quantitative estimate of drug-likeness (QED) is 0.417. The molecule has 0 amide bonds. The molecule has 0 aliphatic carbocycles. The van der Waals surface area contributed by atoms with Gasteiger partial charge in [0.25, 0.3) is 0 Å². The zero-order chi connectivity index (χ0) is 17.1. The Morgan fingerprint density at radius 2 is 1.70 bits per heavy atom. The number of rotatable bonds is 11. The number of hydrogen-bond donors (Lipinski definition) is 0. The van der Waals surface area contributed by atoms with Crippen molar-refractivity contribution >= 4 is 5.97 Å². The summed E-state index contributed by atoms with van der Waals surface area (Å²) in [5.41, 5.74) is 1.59. The molecule has 0 fully saturated rings. The molecule has 0 bridgehead atoms. The van der Waals surface area contributed by atoms with Crippen LogP contribution in [0.2, 0.25) is 0 Å². The highest BCUT2D eigenvalue weighted by Crippen LogP contribution is 2.15. The summed E-state index contributed by atoms with van der Waals surface area (Å²) in [6, 6.07) is 7.53. The molecule has 130 valence electrons. The summed E-state index contributed by atoms with van der Waals surface area (Å²) >= 11 is 0. The van der Waals surface area contributed by atoms with E-state index in [0.29, 0.717) is 12.2 Å². The molecule has 1 aromatic carbocycles. The van der Waals surface area contributed by atoms with Crippen LogP contribution in [0, 0.1) is 12.8 Å². The molecule has 0 spiro atoms. The lowest BCUT2D eigenvalue weighted by atomic mass is 10.0. The van der Waals surface area contributed by atoms with Crippen molar-refractivity contribution in [2.75, 3.05) is 13.7 Å². The van der Waals surface area contributed by atoms with E-state index >= 15 is 0 Å². The molecule has 0 saturated heterocycles. The van der Waals surface area contributed by atoms with Gasteiger partial charge in [-0.3, -0.25) is 0 Å². The van der Waals surface area contributed by atoms with E-state index in [9.17, 15) is 4.79 Å². The number of methoxy groups -OCH3 is 1. The number of benzene rings is 1. The van der Waals surface area contributed by atoms with E-state index in [1.807, 2.05) is 31.2 Å². The van der Waals surface area contributed by atoms with Crippen molar-refractivity contribution in [2.24, 2.45) is 5.92 Å². The first-order valence-electron chi connectivity index (χ1n) is 8.80. The van der Waals surface area contributed by atoms with Crippen molar-refractivity contribution in [1.29, 1.82) is 0 Å². The molecule has 1 atom stereocenters. The Hall–Kier alpha value is -1.35. The van der Waals surface area contributed by atoms with Gasteiger partial charge in [0.15, 0.2) is 0 Å². The van der Waals surface area contributed by atoms with Gasteiger partial charge < -0.3 is 9.47 Å². The van der Waals surface area contributed by atoms with Gasteiger partial charge in [-0.1, -0.05) is 57.7 Å². The van der Waals surface area contributed by atoms with E-state index < -0.39 is 0 Å². The van der Waals surface area contributed by atoms with Crippen molar-refractivity contribution in [3.8, 4) is 0 Å². The van der Waals surface area contributed by atoms with Gasteiger partial charge in [0.05, 0.1) is 12.2 Å². The van der Waals surface area contributed by atoms with Gasteiger partial charge in [-0.05, 0) is 37.3 Å². The number of ether oxygens (including phenoxy) is 2. The third-order valence-corrected chi connectivity index (χ3v) is 4.05. The lowest BCUT2D eigenvalue weighted by Crippen LogP contribution is -2.23. The monoisotopic (exact) mass is 320 g/mol. The van der Waals surface area contributed by atoms with E-state index in [2.05, 4.69) is 13.8 Å². The summed E-state index contributed by atoms with van der Waals surface area (Å²) in [5.74, 6) is 0.538. The zero-order valence-corrected chi connectivity index (χ0v) is 15.1. The molecule has 1 unspecified atom stereocenters. The molecule has 3 nitrogen and oxygen atoms in total. The predicted octanol–water partition coefficient (Wildman–Crippen LogP) is 5.16. The minimum absolute atomic E-state index is 0.155. The van der Waals surface area contributed by atoms with E-state index in [1.54, 1.807) is 7.11 Å². The minimum atomic E-state index is -0.245. The van der Waals surface area contributed by atoms with Crippen LogP contribution in [0.15, 0.2) is 24.3 Å². The van der Waals surface area contributed by atoms with Crippen LogP contribution >= 0.6 is 0 Å². The summed E-state index contributed by atoms with van der Waals surface area (Å²) in [5, 5.41) is 0. The standard InChI is InChI=1S/C20H32O3/c1-16(2)11-7-5-6-8-13-18(15-22-4)23-20(21)19-14-10-9-12-17(19)3/h9-10,12,14,16,18H,5-8,11,13,15H2,1-4H3. The molecule has 0 saturated carbocycles. The lowest BCUT2D eigenvalue weighted by Gasteiger charge is -2.18. The second kappa shape index (κ2) is 11.2. The summed E-state index contributed by atoms with van der Waals surface area (Å²) in [6.07, 6.45) is 6.82.